The van der Waals surface area contributed by atoms with E-state index in [1.807, 2.05) is 45.9 Å². The van der Waals surface area contributed by atoms with Crippen LogP contribution in [-0.2, 0) is 15.7 Å². The minimum atomic E-state index is -1.03. The first-order chi connectivity index (χ1) is 11.7. The Morgan fingerprint density at radius 1 is 1.24 bits per heavy atom. The minimum Gasteiger partial charge on any atom is -0.398 e. The fourth-order valence-corrected chi connectivity index (χ4v) is 2.55. The van der Waals surface area contributed by atoms with Crippen LogP contribution in [0.5, 0.6) is 0 Å². The Hall–Kier alpha value is -1.99. The van der Waals surface area contributed by atoms with Crippen LogP contribution in [0.2, 0.25) is 0 Å². The van der Waals surface area contributed by atoms with Crippen LogP contribution in [-0.4, -0.2) is 33.3 Å². The summed E-state index contributed by atoms with van der Waals surface area (Å²) in [5, 5.41) is 8.09. The maximum absolute atomic E-state index is 14.5. The molecule has 1 aliphatic rings. The molecule has 0 bridgehead atoms. The smallest absolute Gasteiger partial charge is 0.398 e. The Bertz CT molecular complexity index is 785. The van der Waals surface area contributed by atoms with Crippen LogP contribution in [0.1, 0.15) is 45.9 Å². The van der Waals surface area contributed by atoms with Crippen molar-refractivity contribution in [3.8, 4) is 5.69 Å². The van der Waals surface area contributed by atoms with Crippen LogP contribution >= 0.6 is 0 Å². The van der Waals surface area contributed by atoms with Gasteiger partial charge in [0.25, 0.3) is 0 Å². The first-order valence-electron chi connectivity index (χ1n) is 8.46. The number of halogens is 1. The normalized spacial score (nSPS) is 19.4. The van der Waals surface area contributed by atoms with E-state index in [-0.39, 0.29) is 0 Å². The van der Waals surface area contributed by atoms with Crippen molar-refractivity contribution in [2.24, 2.45) is 0 Å². The molecule has 2 aromatic rings. The lowest BCUT2D eigenvalue weighted by molar-refractivity contribution is 0.00578. The number of hydrogen-bond acceptors (Lipinski definition) is 4. The van der Waals surface area contributed by atoms with Crippen molar-refractivity contribution in [1.82, 2.24) is 15.0 Å². The molecule has 0 spiro atoms. The predicted molar refractivity (Wildman–Crippen MR) is 95.9 cm³/mol. The lowest BCUT2D eigenvalue weighted by Crippen LogP contribution is -2.41. The maximum Gasteiger partial charge on any atom is 0.525 e. The third-order valence-corrected chi connectivity index (χ3v) is 4.86. The molecule has 1 fully saturated rings. The molecule has 0 amide bonds. The SMILES string of the molecule is CCc1cccc(-n2cc(C=C(F)B3OC(C)(C)C(C)(C)O3)nn2)c1. The fraction of sp³-hybridized carbons (Fsp3) is 0.444. The minimum absolute atomic E-state index is 0.411. The second kappa shape index (κ2) is 6.39. The summed E-state index contributed by atoms with van der Waals surface area (Å²) in [6.45, 7) is 9.64. The van der Waals surface area contributed by atoms with E-state index in [4.69, 9.17) is 9.31 Å². The van der Waals surface area contributed by atoms with Gasteiger partial charge in [0.2, 0.25) is 0 Å². The lowest BCUT2D eigenvalue weighted by atomic mass is 9.87. The average Bonchev–Trinajstić information content (AvgIpc) is 3.10. The third kappa shape index (κ3) is 3.53. The summed E-state index contributed by atoms with van der Waals surface area (Å²) in [5.74, 6) is 0. The second-order valence-electron chi connectivity index (χ2n) is 7.23. The molecule has 1 aliphatic heterocycles. The van der Waals surface area contributed by atoms with Crippen LogP contribution in [0.3, 0.4) is 0 Å². The molecular formula is C18H23BFN3O2. The van der Waals surface area contributed by atoms with Crippen molar-refractivity contribution < 1.29 is 13.7 Å². The van der Waals surface area contributed by atoms with E-state index in [1.165, 1.54) is 11.6 Å². The van der Waals surface area contributed by atoms with Crippen LogP contribution in [0.4, 0.5) is 4.39 Å². The van der Waals surface area contributed by atoms with Crippen LogP contribution in [0, 0.1) is 0 Å². The molecule has 0 radical (unpaired) electrons. The van der Waals surface area contributed by atoms with Crippen LogP contribution < -0.4 is 0 Å². The van der Waals surface area contributed by atoms with E-state index >= 15 is 0 Å². The van der Waals surface area contributed by atoms with Gasteiger partial charge in [-0.15, -0.1) is 5.10 Å². The summed E-state index contributed by atoms with van der Waals surface area (Å²) in [6, 6.07) is 7.99. The van der Waals surface area contributed by atoms with Crippen LogP contribution in [0.15, 0.2) is 36.2 Å². The zero-order valence-electron chi connectivity index (χ0n) is 15.3. The summed E-state index contributed by atoms with van der Waals surface area (Å²) in [7, 11) is -1.03. The summed E-state index contributed by atoms with van der Waals surface area (Å²) in [5.41, 5.74) is 0.820. The lowest BCUT2D eigenvalue weighted by Gasteiger charge is -2.32. The molecule has 132 valence electrons. The Morgan fingerprint density at radius 3 is 2.56 bits per heavy atom. The molecule has 0 unspecified atom stereocenters. The van der Waals surface area contributed by atoms with E-state index in [0.29, 0.717) is 5.69 Å². The molecule has 1 aromatic carbocycles. The van der Waals surface area contributed by atoms with E-state index in [9.17, 15) is 4.39 Å². The van der Waals surface area contributed by atoms with E-state index in [2.05, 4.69) is 23.3 Å². The van der Waals surface area contributed by atoms with Gasteiger partial charge in [0.1, 0.15) is 11.4 Å². The zero-order chi connectivity index (χ0) is 18.2. The monoisotopic (exact) mass is 343 g/mol. The van der Waals surface area contributed by atoms with Crippen LogP contribution in [0.25, 0.3) is 11.8 Å². The highest BCUT2D eigenvalue weighted by Gasteiger charge is 2.53. The van der Waals surface area contributed by atoms with Crippen molar-refractivity contribution in [2.75, 3.05) is 0 Å². The van der Waals surface area contributed by atoms with Crippen molar-refractivity contribution in [3.63, 3.8) is 0 Å². The van der Waals surface area contributed by atoms with Gasteiger partial charge in [-0.05, 0) is 57.9 Å². The Kier molecular flexibility index (Phi) is 4.55. The standard InChI is InChI=1S/C18H23BFN3O2/c1-6-13-8-7-9-15(10-13)23-12-14(21-22-23)11-16(20)19-24-17(2,3)18(4,5)25-19/h7-12H,6H2,1-5H3. The molecule has 7 heteroatoms. The second-order valence-corrected chi connectivity index (χ2v) is 7.23. The predicted octanol–water partition coefficient (Wildman–Crippen LogP) is 3.77. The molecular weight excluding hydrogens is 320 g/mol. The highest BCUT2D eigenvalue weighted by Crippen LogP contribution is 2.38. The molecule has 25 heavy (non-hydrogen) atoms. The van der Waals surface area contributed by atoms with Gasteiger partial charge in [0, 0.05) is 0 Å². The van der Waals surface area contributed by atoms with Gasteiger partial charge in [-0.3, -0.25) is 0 Å². The number of nitrogens with zero attached hydrogens (tertiary/aromatic N) is 3. The molecule has 3 rings (SSSR count). The van der Waals surface area contributed by atoms with Gasteiger partial charge < -0.3 is 9.31 Å². The summed E-state index contributed by atoms with van der Waals surface area (Å²) in [6.07, 6.45) is 3.92. The van der Waals surface area contributed by atoms with Crippen molar-refractivity contribution in [3.05, 3.63) is 47.4 Å². The largest absolute Gasteiger partial charge is 0.525 e. The summed E-state index contributed by atoms with van der Waals surface area (Å²) in [4.78, 5) is 0. The molecule has 0 atom stereocenters. The van der Waals surface area contributed by atoms with E-state index < -0.39 is 24.0 Å². The first kappa shape index (κ1) is 17.8. The van der Waals surface area contributed by atoms with Crippen molar-refractivity contribution in [1.29, 1.82) is 0 Å². The number of rotatable bonds is 4. The quantitative estimate of drug-likeness (QED) is 0.793. The first-order valence-corrected chi connectivity index (χ1v) is 8.46. The van der Waals surface area contributed by atoms with Gasteiger partial charge in [0.05, 0.1) is 23.1 Å². The van der Waals surface area contributed by atoms with Crippen molar-refractivity contribution in [2.45, 2.75) is 52.2 Å². The zero-order valence-corrected chi connectivity index (χ0v) is 15.3. The molecule has 0 saturated carbocycles. The molecule has 1 aromatic heterocycles. The number of aryl methyl sites for hydroxylation is 1. The van der Waals surface area contributed by atoms with Gasteiger partial charge >= 0.3 is 7.12 Å². The van der Waals surface area contributed by atoms with Gasteiger partial charge in [-0.2, -0.15) is 0 Å². The summed E-state index contributed by atoms with van der Waals surface area (Å²) >= 11 is 0. The highest BCUT2D eigenvalue weighted by molar-refractivity contribution is 6.54. The number of hydrogen-bond donors (Lipinski definition) is 0. The Morgan fingerprint density at radius 2 is 1.92 bits per heavy atom. The number of aromatic nitrogens is 3. The van der Waals surface area contributed by atoms with Gasteiger partial charge in [-0.25, -0.2) is 9.07 Å². The highest BCUT2D eigenvalue weighted by atomic mass is 19.1. The Labute approximate surface area is 148 Å². The van der Waals surface area contributed by atoms with Gasteiger partial charge in [-0.1, -0.05) is 24.3 Å². The molecule has 0 aliphatic carbocycles. The number of benzene rings is 1. The topological polar surface area (TPSA) is 49.2 Å². The molecule has 2 heterocycles. The molecule has 0 N–H and O–H groups in total. The fourth-order valence-electron chi connectivity index (χ4n) is 2.55. The van der Waals surface area contributed by atoms with E-state index in [1.54, 1.807) is 10.9 Å². The van der Waals surface area contributed by atoms with Gasteiger partial charge in [0.15, 0.2) is 0 Å². The molecule has 5 nitrogen and oxygen atoms in total. The average molecular weight is 343 g/mol. The Balaban J connectivity index is 1.80. The maximum atomic E-state index is 14.5. The van der Waals surface area contributed by atoms with E-state index in [0.717, 1.165) is 12.1 Å². The third-order valence-electron chi connectivity index (χ3n) is 4.86. The molecule has 1 saturated heterocycles. The summed E-state index contributed by atoms with van der Waals surface area (Å²) < 4.78 is 27.6. The van der Waals surface area contributed by atoms with Crippen molar-refractivity contribution >= 4 is 13.2 Å².